The Morgan fingerprint density at radius 2 is 1.86 bits per heavy atom. The zero-order chi connectivity index (χ0) is 4.28. The number of carbonyl (C=O) groups is 1. The molecule has 3 heteroatoms. The molecule has 0 heterocycles. The van der Waals surface area contributed by atoms with E-state index in [9.17, 15) is 4.79 Å². The quantitative estimate of drug-likeness (QED) is 0.502. The van der Waals surface area contributed by atoms with Crippen molar-refractivity contribution in [1.29, 1.82) is 0 Å². The summed E-state index contributed by atoms with van der Waals surface area (Å²) in [5.74, 6) is -0.981. The van der Waals surface area contributed by atoms with Gasteiger partial charge in [0.25, 0.3) is 0 Å². The van der Waals surface area contributed by atoms with Crippen molar-refractivity contribution < 1.29 is 9.90 Å². The molecule has 0 rings (SSSR count). The monoisotopic (exact) mass is 208 g/mol. The largest absolute Gasteiger partial charge is 0.478 e. The summed E-state index contributed by atoms with van der Waals surface area (Å²) in [6.45, 7) is 2.96. The molecular weight excluding hydrogens is 199 g/mol. The Balaban J connectivity index is -0.0000000800. The van der Waals surface area contributed by atoms with Gasteiger partial charge in [-0.3, -0.25) is 0 Å². The summed E-state index contributed by atoms with van der Waals surface area (Å²) in [6.07, 6.45) is 0.833. The first-order valence-electron chi connectivity index (χ1n) is 1.12. The third kappa shape index (κ3) is 23.9. The number of rotatable bonds is 1. The molecule has 0 atom stereocenters. The smallest absolute Gasteiger partial charge is 0.327 e. The van der Waals surface area contributed by atoms with Crippen LogP contribution >= 0.6 is 0 Å². The van der Waals surface area contributed by atoms with E-state index in [0.29, 0.717) is 0 Å². The van der Waals surface area contributed by atoms with Crippen LogP contribution in [0.2, 0.25) is 0 Å². The average molecular weight is 207 g/mol. The Hall–Kier alpha value is 0.00870. The topological polar surface area (TPSA) is 37.3 Å². The minimum Gasteiger partial charge on any atom is -0.478 e. The molecule has 1 N–H and O–H groups in total. The molecule has 0 aromatic rings. The van der Waals surface area contributed by atoms with Crippen molar-refractivity contribution in [3.63, 3.8) is 0 Å². The van der Waals surface area contributed by atoms with Gasteiger partial charge in [0, 0.05) is 30.0 Å². The molecule has 0 aromatic carbocycles. The molecule has 0 spiro atoms. The van der Waals surface area contributed by atoms with Crippen LogP contribution < -0.4 is 0 Å². The van der Waals surface area contributed by atoms with E-state index in [1.807, 2.05) is 0 Å². The Bertz CT molecular complexity index is 60.7. The summed E-state index contributed by atoms with van der Waals surface area (Å²) in [7, 11) is 0. The second-order valence-electron chi connectivity index (χ2n) is 0.542. The van der Waals surface area contributed by atoms with Gasteiger partial charge in [-0.2, -0.15) is 0 Å². The van der Waals surface area contributed by atoms with Crippen LogP contribution in [-0.4, -0.2) is 35.0 Å². The molecule has 0 aliphatic heterocycles. The normalized spacial score (nSPS) is 4.57. The van der Waals surface area contributed by atoms with Crippen LogP contribution in [0, 0.1) is 0 Å². The van der Waals surface area contributed by atoms with Crippen molar-refractivity contribution in [2.45, 2.75) is 7.43 Å². The standard InChI is InChI=1S/C3H4O2.CH4.Sn/c1-2-3(4)5;;/h2H,1H2,(H,4,5);1H4;. The third-order valence-corrected chi connectivity index (χ3v) is 0.175. The van der Waals surface area contributed by atoms with Gasteiger partial charge in [0.2, 0.25) is 0 Å². The van der Waals surface area contributed by atoms with Gasteiger partial charge < -0.3 is 5.11 Å². The Labute approximate surface area is 60.2 Å². The molecule has 0 amide bonds. The first-order chi connectivity index (χ1) is 2.27. The molecule has 0 aliphatic rings. The molecule has 0 aromatic heterocycles. The zero-order valence-electron chi connectivity index (χ0n) is 3.14. The number of aliphatic carboxylic acids is 1. The molecule has 0 aliphatic carbocycles. The van der Waals surface area contributed by atoms with E-state index >= 15 is 0 Å². The van der Waals surface area contributed by atoms with Crippen molar-refractivity contribution in [3.05, 3.63) is 12.7 Å². The molecule has 0 unspecified atom stereocenters. The Morgan fingerprint density at radius 3 is 1.86 bits per heavy atom. The van der Waals surface area contributed by atoms with Gasteiger partial charge in [0.15, 0.2) is 0 Å². The fourth-order valence-corrected chi connectivity index (χ4v) is 0. The summed E-state index contributed by atoms with van der Waals surface area (Å²) in [5, 5.41) is 7.60. The first-order valence-corrected chi connectivity index (χ1v) is 1.12. The van der Waals surface area contributed by atoms with Crippen molar-refractivity contribution in [3.8, 4) is 0 Å². The van der Waals surface area contributed by atoms with Gasteiger partial charge in [-0.25, -0.2) is 4.79 Å². The van der Waals surface area contributed by atoms with Crippen LogP contribution in [0.1, 0.15) is 7.43 Å². The van der Waals surface area contributed by atoms with E-state index in [1.165, 1.54) is 0 Å². The molecule has 0 bridgehead atoms. The molecule has 0 saturated carbocycles. The Kier molecular flexibility index (Phi) is 21.1. The average Bonchev–Trinajstić information content (AvgIpc) is 1.38. The van der Waals surface area contributed by atoms with Crippen LogP contribution in [0.3, 0.4) is 0 Å². The number of carboxylic acid groups (broad SMARTS) is 1. The van der Waals surface area contributed by atoms with E-state index in [4.69, 9.17) is 5.11 Å². The minimum absolute atomic E-state index is 0. The molecule has 4 radical (unpaired) electrons. The number of hydrogen-bond acceptors (Lipinski definition) is 1. The van der Waals surface area contributed by atoms with Crippen LogP contribution in [0.15, 0.2) is 12.7 Å². The van der Waals surface area contributed by atoms with Gasteiger partial charge in [-0.1, -0.05) is 14.0 Å². The fraction of sp³-hybridized carbons (Fsp3) is 0.250. The number of hydrogen-bond donors (Lipinski definition) is 1. The van der Waals surface area contributed by atoms with E-state index in [1.54, 1.807) is 0 Å². The van der Waals surface area contributed by atoms with E-state index in [-0.39, 0.29) is 31.3 Å². The molecule has 0 fully saturated rings. The van der Waals surface area contributed by atoms with Gasteiger partial charge >= 0.3 is 5.97 Å². The van der Waals surface area contributed by atoms with Crippen LogP contribution in [0.5, 0.6) is 0 Å². The molecule has 7 heavy (non-hydrogen) atoms. The molecule has 0 saturated heterocycles. The summed E-state index contributed by atoms with van der Waals surface area (Å²) in [6, 6.07) is 0. The van der Waals surface area contributed by atoms with Crippen LogP contribution in [0.25, 0.3) is 0 Å². The zero-order valence-corrected chi connectivity index (χ0v) is 5.99. The van der Waals surface area contributed by atoms with Gasteiger partial charge in [-0.15, -0.1) is 0 Å². The summed E-state index contributed by atoms with van der Waals surface area (Å²) in [4.78, 5) is 9.25. The Morgan fingerprint density at radius 1 is 1.71 bits per heavy atom. The van der Waals surface area contributed by atoms with Crippen molar-refractivity contribution >= 4 is 29.9 Å². The molecule has 40 valence electrons. The van der Waals surface area contributed by atoms with Crippen molar-refractivity contribution in [2.75, 3.05) is 0 Å². The van der Waals surface area contributed by atoms with Gasteiger partial charge in [-0.05, 0) is 0 Å². The van der Waals surface area contributed by atoms with Crippen molar-refractivity contribution in [1.82, 2.24) is 0 Å². The summed E-state index contributed by atoms with van der Waals surface area (Å²) in [5.41, 5.74) is 0. The SMILES string of the molecule is C.C=CC(=O)O.[Sn]. The van der Waals surface area contributed by atoms with Crippen molar-refractivity contribution in [2.24, 2.45) is 0 Å². The van der Waals surface area contributed by atoms with Crippen LogP contribution in [-0.2, 0) is 4.79 Å². The van der Waals surface area contributed by atoms with Gasteiger partial charge in [0.1, 0.15) is 0 Å². The maximum absolute atomic E-state index is 9.25. The predicted octanol–water partition coefficient (Wildman–Crippen LogP) is 0.512. The second kappa shape index (κ2) is 9.38. The maximum atomic E-state index is 9.25. The van der Waals surface area contributed by atoms with E-state index in [2.05, 4.69) is 6.58 Å². The van der Waals surface area contributed by atoms with E-state index in [0.717, 1.165) is 6.08 Å². The minimum atomic E-state index is -0.981. The fourth-order valence-electron chi connectivity index (χ4n) is 0. The third-order valence-electron chi connectivity index (χ3n) is 0.175. The maximum Gasteiger partial charge on any atom is 0.327 e. The van der Waals surface area contributed by atoms with Crippen LogP contribution in [0.4, 0.5) is 0 Å². The summed E-state index contributed by atoms with van der Waals surface area (Å²) < 4.78 is 0. The predicted molar refractivity (Wildman–Crippen MR) is 30.3 cm³/mol. The molecule has 2 nitrogen and oxygen atoms in total. The summed E-state index contributed by atoms with van der Waals surface area (Å²) >= 11 is 0. The second-order valence-corrected chi connectivity index (χ2v) is 0.542. The first kappa shape index (κ1) is 15.7. The number of carboxylic acids is 1. The van der Waals surface area contributed by atoms with E-state index < -0.39 is 5.97 Å². The van der Waals surface area contributed by atoms with Gasteiger partial charge in [0.05, 0.1) is 0 Å². The molecular formula is C4H8O2Sn.